The molecule has 4 nitrogen and oxygen atoms in total. The van der Waals surface area contributed by atoms with Crippen molar-refractivity contribution in [2.24, 2.45) is 0 Å². The normalized spacial score (nSPS) is 30.7. The number of carbonyl (C=O) groups excluding carboxylic acids is 2. The third-order valence-corrected chi connectivity index (χ3v) is 2.60. The molecule has 0 aromatic carbocycles. The van der Waals surface area contributed by atoms with Crippen molar-refractivity contribution in [3.63, 3.8) is 0 Å². The van der Waals surface area contributed by atoms with Gasteiger partial charge in [-0.05, 0) is 0 Å². The first-order valence-electron chi connectivity index (χ1n) is 4.84. The maximum atomic E-state index is 11.0. The number of hydrogen-bond donors (Lipinski definition) is 0. The molecular formula is C11H12O4. The maximum absolute atomic E-state index is 11.0. The molecule has 80 valence electrons. The van der Waals surface area contributed by atoms with Crippen LogP contribution >= 0.6 is 0 Å². The largest absolute Gasteiger partial charge is 0.459 e. The van der Waals surface area contributed by atoms with Crippen molar-refractivity contribution >= 4 is 11.9 Å². The number of ether oxygens (including phenoxy) is 2. The Morgan fingerprint density at radius 3 is 1.67 bits per heavy atom. The minimum atomic E-state index is -0.344. The second-order valence-corrected chi connectivity index (χ2v) is 3.91. The highest BCUT2D eigenvalue weighted by molar-refractivity contribution is 5.90. The topological polar surface area (TPSA) is 52.6 Å². The van der Waals surface area contributed by atoms with Crippen molar-refractivity contribution in [1.29, 1.82) is 0 Å². The summed E-state index contributed by atoms with van der Waals surface area (Å²) in [7, 11) is 0. The summed E-state index contributed by atoms with van der Waals surface area (Å²) < 4.78 is 10.1. The molecule has 15 heavy (non-hydrogen) atoms. The molecule has 2 fully saturated rings. The Morgan fingerprint density at radius 1 is 1.00 bits per heavy atom. The van der Waals surface area contributed by atoms with E-state index in [1.165, 1.54) is 0 Å². The lowest BCUT2D eigenvalue weighted by Gasteiger charge is -2.12. The molecule has 2 aliphatic rings. The van der Waals surface area contributed by atoms with E-state index in [2.05, 4.69) is 13.2 Å². The fraction of sp³-hybridized carbons (Fsp3) is 0.455. The van der Waals surface area contributed by atoms with Crippen molar-refractivity contribution < 1.29 is 19.1 Å². The average molecular weight is 208 g/mol. The van der Waals surface area contributed by atoms with Gasteiger partial charge in [0.15, 0.2) is 0 Å². The summed E-state index contributed by atoms with van der Waals surface area (Å²) in [6.45, 7) is 7.18. The van der Waals surface area contributed by atoms with Gasteiger partial charge in [0.25, 0.3) is 0 Å². The minimum Gasteiger partial charge on any atom is -0.459 e. The second-order valence-electron chi connectivity index (χ2n) is 3.91. The first-order chi connectivity index (χ1) is 7.06. The second kappa shape index (κ2) is 3.53. The van der Waals surface area contributed by atoms with Crippen LogP contribution in [0.2, 0.25) is 0 Å². The Kier molecular flexibility index (Phi) is 2.34. The van der Waals surface area contributed by atoms with Gasteiger partial charge in [0.1, 0.15) is 12.2 Å². The zero-order chi connectivity index (χ0) is 11.0. The molecule has 2 unspecified atom stereocenters. The van der Waals surface area contributed by atoms with E-state index in [0.717, 1.165) is 0 Å². The van der Waals surface area contributed by atoms with Crippen LogP contribution in [0.15, 0.2) is 24.3 Å². The van der Waals surface area contributed by atoms with Crippen molar-refractivity contribution in [3.05, 3.63) is 24.3 Å². The summed E-state index contributed by atoms with van der Waals surface area (Å²) in [4.78, 5) is 22.1. The molecule has 0 spiro atoms. The highest BCUT2D eigenvalue weighted by Gasteiger charge is 2.34. The molecule has 2 heterocycles. The van der Waals surface area contributed by atoms with Gasteiger partial charge in [-0.2, -0.15) is 0 Å². The van der Waals surface area contributed by atoms with Gasteiger partial charge >= 0.3 is 11.9 Å². The van der Waals surface area contributed by atoms with E-state index in [-0.39, 0.29) is 24.1 Å². The van der Waals surface area contributed by atoms with Crippen LogP contribution in [0.1, 0.15) is 19.3 Å². The molecule has 2 aliphatic heterocycles. The first kappa shape index (κ1) is 9.96. The van der Waals surface area contributed by atoms with Crippen LogP contribution in [0.25, 0.3) is 0 Å². The molecule has 0 amide bonds. The molecule has 0 N–H and O–H groups in total. The zero-order valence-corrected chi connectivity index (χ0v) is 8.32. The minimum absolute atomic E-state index is 0.200. The zero-order valence-electron chi connectivity index (χ0n) is 8.32. The maximum Gasteiger partial charge on any atom is 0.333 e. The standard InChI is InChI=1S/C11H12O4/c1-6-3-8(14-10(6)12)5-9-4-7(2)11(13)15-9/h8-9H,1-5H2. The van der Waals surface area contributed by atoms with Crippen molar-refractivity contribution in [1.82, 2.24) is 0 Å². The lowest BCUT2D eigenvalue weighted by molar-refractivity contribution is -0.142. The molecule has 0 aromatic heterocycles. The van der Waals surface area contributed by atoms with Gasteiger partial charge in [0, 0.05) is 30.4 Å². The van der Waals surface area contributed by atoms with Gasteiger partial charge in [-0.15, -0.1) is 0 Å². The third-order valence-electron chi connectivity index (χ3n) is 2.60. The highest BCUT2D eigenvalue weighted by atomic mass is 16.6. The van der Waals surface area contributed by atoms with Gasteiger partial charge in [-0.25, -0.2) is 9.59 Å². The molecule has 2 atom stereocenters. The van der Waals surface area contributed by atoms with Gasteiger partial charge < -0.3 is 9.47 Å². The fourth-order valence-electron chi connectivity index (χ4n) is 1.83. The van der Waals surface area contributed by atoms with Crippen LogP contribution < -0.4 is 0 Å². The molecule has 0 saturated carbocycles. The number of rotatable bonds is 2. The number of hydrogen-bond acceptors (Lipinski definition) is 4. The average Bonchev–Trinajstić information content (AvgIpc) is 2.59. The predicted molar refractivity (Wildman–Crippen MR) is 51.9 cm³/mol. The van der Waals surface area contributed by atoms with E-state index in [4.69, 9.17) is 9.47 Å². The van der Waals surface area contributed by atoms with Gasteiger partial charge in [-0.1, -0.05) is 13.2 Å². The van der Waals surface area contributed by atoms with E-state index < -0.39 is 0 Å². The van der Waals surface area contributed by atoms with Gasteiger partial charge in [-0.3, -0.25) is 0 Å². The molecule has 0 aromatic rings. The smallest absolute Gasteiger partial charge is 0.333 e. The van der Waals surface area contributed by atoms with Crippen LogP contribution in [-0.4, -0.2) is 24.1 Å². The monoisotopic (exact) mass is 208 g/mol. The lowest BCUT2D eigenvalue weighted by Crippen LogP contribution is -2.17. The van der Waals surface area contributed by atoms with Crippen LogP contribution in [0, 0.1) is 0 Å². The Labute approximate surface area is 87.5 Å². The SMILES string of the molecule is C=C1CC(CC2CC(=C)C(=O)O2)OC1=O. The molecule has 2 saturated heterocycles. The quantitative estimate of drug-likeness (QED) is 0.504. The Morgan fingerprint density at radius 2 is 1.40 bits per heavy atom. The van der Waals surface area contributed by atoms with Crippen molar-refractivity contribution in [2.45, 2.75) is 31.5 Å². The van der Waals surface area contributed by atoms with Crippen LogP contribution in [0.5, 0.6) is 0 Å². The summed E-state index contributed by atoms with van der Waals surface area (Å²) in [5, 5.41) is 0. The van der Waals surface area contributed by atoms with E-state index in [0.29, 0.717) is 30.4 Å². The van der Waals surface area contributed by atoms with Gasteiger partial charge in [0.05, 0.1) is 0 Å². The molecule has 0 radical (unpaired) electrons. The van der Waals surface area contributed by atoms with Crippen LogP contribution in [-0.2, 0) is 19.1 Å². The summed E-state index contributed by atoms with van der Waals surface area (Å²) in [5.74, 6) is -0.689. The molecule has 0 bridgehead atoms. The number of esters is 2. The van der Waals surface area contributed by atoms with Crippen LogP contribution in [0.3, 0.4) is 0 Å². The predicted octanol–water partition coefficient (Wildman–Crippen LogP) is 1.12. The molecular weight excluding hydrogens is 196 g/mol. The summed E-state index contributed by atoms with van der Waals surface area (Å²) in [6, 6.07) is 0. The van der Waals surface area contributed by atoms with E-state index in [1.807, 2.05) is 0 Å². The Hall–Kier alpha value is -1.58. The Bertz CT molecular complexity index is 290. The van der Waals surface area contributed by atoms with E-state index >= 15 is 0 Å². The Balaban J connectivity index is 1.89. The van der Waals surface area contributed by atoms with Crippen molar-refractivity contribution in [3.8, 4) is 0 Å². The molecule has 0 aliphatic carbocycles. The number of cyclic esters (lactones) is 2. The summed E-state index contributed by atoms with van der Waals surface area (Å²) in [5.41, 5.74) is 0.978. The summed E-state index contributed by atoms with van der Waals surface area (Å²) in [6.07, 6.45) is 1.19. The molecule has 2 rings (SSSR count). The number of carbonyl (C=O) groups is 2. The first-order valence-corrected chi connectivity index (χ1v) is 4.84. The third kappa shape index (κ3) is 1.93. The van der Waals surface area contributed by atoms with E-state index in [9.17, 15) is 9.59 Å². The molecule has 4 heteroatoms. The fourth-order valence-corrected chi connectivity index (χ4v) is 1.83. The summed E-state index contributed by atoms with van der Waals surface area (Å²) >= 11 is 0. The lowest BCUT2D eigenvalue weighted by atomic mass is 10.0. The highest BCUT2D eigenvalue weighted by Crippen LogP contribution is 2.28. The van der Waals surface area contributed by atoms with Gasteiger partial charge in [0.2, 0.25) is 0 Å². The van der Waals surface area contributed by atoms with E-state index in [1.54, 1.807) is 0 Å². The van der Waals surface area contributed by atoms with Crippen LogP contribution in [0.4, 0.5) is 0 Å². The van der Waals surface area contributed by atoms with Crippen molar-refractivity contribution in [2.75, 3.05) is 0 Å².